The summed E-state index contributed by atoms with van der Waals surface area (Å²) in [6, 6.07) is 7.75. The van der Waals surface area contributed by atoms with Crippen molar-refractivity contribution >= 4 is 15.9 Å². The second-order valence-electron chi connectivity index (χ2n) is 2.71. The highest BCUT2D eigenvalue weighted by molar-refractivity contribution is 9.10. The number of hydrogen-bond acceptors (Lipinski definition) is 3. The van der Waals surface area contributed by atoms with Crippen LogP contribution < -0.4 is 10.1 Å². The molecule has 0 aliphatic rings. The molecule has 0 fully saturated rings. The lowest BCUT2D eigenvalue weighted by atomic mass is 10.2. The summed E-state index contributed by atoms with van der Waals surface area (Å²) in [6.07, 6.45) is 0. The van der Waals surface area contributed by atoms with Crippen LogP contribution in [0.15, 0.2) is 22.7 Å². The molecule has 1 N–H and O–H groups in total. The lowest BCUT2D eigenvalue weighted by Crippen LogP contribution is -2.08. The van der Waals surface area contributed by atoms with E-state index in [1.807, 2.05) is 31.3 Å². The maximum atomic E-state index is 8.43. The Bertz CT molecular complexity index is 346. The van der Waals surface area contributed by atoms with Gasteiger partial charge in [-0.1, -0.05) is 12.1 Å². The zero-order valence-electron chi connectivity index (χ0n) is 7.88. The van der Waals surface area contributed by atoms with E-state index >= 15 is 0 Å². The number of benzene rings is 1. The fourth-order valence-electron chi connectivity index (χ4n) is 1.15. The molecule has 0 amide bonds. The van der Waals surface area contributed by atoms with Crippen LogP contribution in [0.25, 0.3) is 0 Å². The highest BCUT2D eigenvalue weighted by Gasteiger charge is 2.06. The molecular formula is C10H11BrN2O. The van der Waals surface area contributed by atoms with Crippen molar-refractivity contribution in [2.45, 2.75) is 6.54 Å². The van der Waals surface area contributed by atoms with Crippen molar-refractivity contribution < 1.29 is 4.74 Å². The summed E-state index contributed by atoms with van der Waals surface area (Å²) in [5.41, 5.74) is 1.04. The van der Waals surface area contributed by atoms with Gasteiger partial charge in [-0.2, -0.15) is 5.26 Å². The van der Waals surface area contributed by atoms with Crippen LogP contribution in [-0.4, -0.2) is 13.7 Å². The minimum atomic E-state index is 0.0688. The molecule has 1 aromatic rings. The Morgan fingerprint density at radius 3 is 3.00 bits per heavy atom. The number of halogens is 1. The summed E-state index contributed by atoms with van der Waals surface area (Å²) in [7, 11) is 1.87. The van der Waals surface area contributed by atoms with E-state index in [0.29, 0.717) is 0 Å². The topological polar surface area (TPSA) is 45.0 Å². The largest absolute Gasteiger partial charge is 0.477 e. The van der Waals surface area contributed by atoms with Crippen LogP contribution in [0, 0.1) is 11.3 Å². The highest BCUT2D eigenvalue weighted by Crippen LogP contribution is 2.28. The minimum Gasteiger partial charge on any atom is -0.477 e. The first-order chi connectivity index (χ1) is 6.79. The molecule has 0 unspecified atom stereocenters. The number of nitrogens with zero attached hydrogens (tertiary/aromatic N) is 1. The summed E-state index contributed by atoms with van der Waals surface area (Å²) in [6.45, 7) is 0.791. The van der Waals surface area contributed by atoms with Gasteiger partial charge >= 0.3 is 0 Å². The molecule has 74 valence electrons. The standard InChI is InChI=1S/C10H11BrN2O/c1-13-7-8-3-2-4-9(11)10(8)14-6-5-12/h2-4,13H,6-7H2,1H3. The molecule has 4 heteroatoms. The minimum absolute atomic E-state index is 0.0688. The molecule has 0 saturated carbocycles. The molecule has 0 bridgehead atoms. The van der Waals surface area contributed by atoms with E-state index in [2.05, 4.69) is 21.2 Å². The second-order valence-corrected chi connectivity index (χ2v) is 3.56. The summed E-state index contributed by atoms with van der Waals surface area (Å²) < 4.78 is 6.20. The zero-order chi connectivity index (χ0) is 10.4. The number of ether oxygens (including phenoxy) is 1. The first-order valence-electron chi connectivity index (χ1n) is 4.21. The van der Waals surface area contributed by atoms with Crippen LogP contribution in [0.1, 0.15) is 5.56 Å². The van der Waals surface area contributed by atoms with Crippen LogP contribution in [0.4, 0.5) is 0 Å². The van der Waals surface area contributed by atoms with Crippen molar-refractivity contribution in [1.82, 2.24) is 5.32 Å². The van der Waals surface area contributed by atoms with Gasteiger partial charge in [0, 0.05) is 12.1 Å². The zero-order valence-corrected chi connectivity index (χ0v) is 9.47. The molecule has 0 spiro atoms. The normalized spacial score (nSPS) is 9.50. The van der Waals surface area contributed by atoms with Gasteiger partial charge in [-0.05, 0) is 29.0 Å². The Hall–Kier alpha value is -1.05. The lowest BCUT2D eigenvalue weighted by molar-refractivity contribution is 0.361. The average Bonchev–Trinajstić information content (AvgIpc) is 2.18. The molecule has 0 atom stereocenters. The number of nitriles is 1. The van der Waals surface area contributed by atoms with E-state index in [1.54, 1.807) is 0 Å². The predicted molar refractivity (Wildman–Crippen MR) is 58.0 cm³/mol. The summed E-state index contributed by atoms with van der Waals surface area (Å²) in [4.78, 5) is 0. The molecule has 14 heavy (non-hydrogen) atoms. The van der Waals surface area contributed by atoms with Crippen molar-refractivity contribution in [2.24, 2.45) is 0 Å². The van der Waals surface area contributed by atoms with Gasteiger partial charge in [-0.25, -0.2) is 0 Å². The summed E-state index contributed by atoms with van der Waals surface area (Å²) in [5, 5.41) is 11.5. The number of para-hydroxylation sites is 1. The molecule has 1 rings (SSSR count). The van der Waals surface area contributed by atoms with E-state index in [0.717, 1.165) is 22.3 Å². The van der Waals surface area contributed by atoms with Gasteiger partial charge in [0.2, 0.25) is 0 Å². The van der Waals surface area contributed by atoms with Gasteiger partial charge in [-0.15, -0.1) is 0 Å². The number of hydrogen-bond donors (Lipinski definition) is 1. The van der Waals surface area contributed by atoms with Crippen molar-refractivity contribution in [3.05, 3.63) is 28.2 Å². The third-order valence-electron chi connectivity index (χ3n) is 1.70. The molecule has 0 aliphatic carbocycles. The van der Waals surface area contributed by atoms with Crippen LogP contribution in [0.2, 0.25) is 0 Å². The number of rotatable bonds is 4. The maximum Gasteiger partial charge on any atom is 0.174 e. The van der Waals surface area contributed by atoms with Crippen LogP contribution in [0.3, 0.4) is 0 Å². The number of nitrogens with one attached hydrogen (secondary N) is 1. The lowest BCUT2D eigenvalue weighted by Gasteiger charge is -2.10. The second kappa shape index (κ2) is 5.63. The maximum absolute atomic E-state index is 8.43. The van der Waals surface area contributed by atoms with Gasteiger partial charge < -0.3 is 10.1 Å². The van der Waals surface area contributed by atoms with Gasteiger partial charge in [-0.3, -0.25) is 0 Å². The molecule has 1 aromatic carbocycles. The molecular weight excluding hydrogens is 244 g/mol. The van der Waals surface area contributed by atoms with Gasteiger partial charge in [0.15, 0.2) is 6.61 Å². The third-order valence-corrected chi connectivity index (χ3v) is 2.32. The Labute approximate surface area is 91.8 Å². The van der Waals surface area contributed by atoms with Crippen LogP contribution >= 0.6 is 15.9 Å². The van der Waals surface area contributed by atoms with Crippen LogP contribution in [0.5, 0.6) is 5.75 Å². The van der Waals surface area contributed by atoms with Gasteiger partial charge in [0.25, 0.3) is 0 Å². The molecule has 0 radical (unpaired) electrons. The van der Waals surface area contributed by atoms with Crippen molar-refractivity contribution in [3.8, 4) is 11.8 Å². The quantitative estimate of drug-likeness (QED) is 0.895. The van der Waals surface area contributed by atoms with Crippen LogP contribution in [-0.2, 0) is 6.54 Å². The highest BCUT2D eigenvalue weighted by atomic mass is 79.9. The van der Waals surface area contributed by atoms with E-state index in [-0.39, 0.29) is 6.61 Å². The molecule has 0 aliphatic heterocycles. The SMILES string of the molecule is CNCc1cccc(Br)c1OCC#N. The fourth-order valence-corrected chi connectivity index (χ4v) is 1.67. The monoisotopic (exact) mass is 254 g/mol. The fraction of sp³-hybridized carbons (Fsp3) is 0.300. The summed E-state index contributed by atoms with van der Waals surface area (Å²) >= 11 is 3.39. The van der Waals surface area contributed by atoms with E-state index in [4.69, 9.17) is 10.00 Å². The molecule has 0 heterocycles. The Balaban J connectivity index is 2.91. The van der Waals surface area contributed by atoms with Gasteiger partial charge in [0.05, 0.1) is 4.47 Å². The van der Waals surface area contributed by atoms with Crippen molar-refractivity contribution in [1.29, 1.82) is 5.26 Å². The van der Waals surface area contributed by atoms with E-state index in [1.165, 1.54) is 0 Å². The van der Waals surface area contributed by atoms with E-state index < -0.39 is 0 Å². The Morgan fingerprint density at radius 2 is 2.36 bits per heavy atom. The molecule has 3 nitrogen and oxygen atoms in total. The van der Waals surface area contributed by atoms with Crippen molar-refractivity contribution in [2.75, 3.05) is 13.7 Å². The Kier molecular flexibility index (Phi) is 4.44. The average molecular weight is 255 g/mol. The van der Waals surface area contributed by atoms with Crippen molar-refractivity contribution in [3.63, 3.8) is 0 Å². The first-order valence-corrected chi connectivity index (χ1v) is 5.00. The Morgan fingerprint density at radius 1 is 1.57 bits per heavy atom. The third kappa shape index (κ3) is 2.72. The van der Waals surface area contributed by atoms with E-state index in [9.17, 15) is 0 Å². The van der Waals surface area contributed by atoms with Gasteiger partial charge in [0.1, 0.15) is 11.8 Å². The molecule has 0 aromatic heterocycles. The summed E-state index contributed by atoms with van der Waals surface area (Å²) in [5.74, 6) is 0.739. The first kappa shape index (κ1) is 11.0. The predicted octanol–water partition coefficient (Wildman–Crippen LogP) is 2.07. The molecule has 0 saturated heterocycles. The smallest absolute Gasteiger partial charge is 0.174 e.